The van der Waals surface area contributed by atoms with Crippen LogP contribution in [0.4, 0.5) is 24.0 Å². The van der Waals surface area contributed by atoms with Gasteiger partial charge in [-0.15, -0.1) is 11.3 Å². The molecule has 0 aliphatic rings. The van der Waals surface area contributed by atoms with E-state index in [4.69, 9.17) is 0 Å². The number of halogens is 3. The molecule has 0 spiro atoms. The van der Waals surface area contributed by atoms with E-state index in [-0.39, 0.29) is 0 Å². The molecule has 1 aromatic heterocycles. The fourth-order valence-electron chi connectivity index (χ4n) is 2.27. The molecule has 0 unspecified atom stereocenters. The summed E-state index contributed by atoms with van der Waals surface area (Å²) >= 11 is 1.36. The number of aromatic nitrogens is 1. The average molecular weight is 348 g/mol. The summed E-state index contributed by atoms with van der Waals surface area (Å²) in [4.78, 5) is 4.45. The molecule has 3 rings (SSSR count). The Bertz CT molecular complexity index is 823. The third-order valence-electron chi connectivity index (χ3n) is 3.60. The van der Waals surface area contributed by atoms with E-state index in [1.807, 2.05) is 17.5 Å². The van der Waals surface area contributed by atoms with Crippen LogP contribution < -0.4 is 5.32 Å². The Morgan fingerprint density at radius 3 is 2.50 bits per heavy atom. The van der Waals surface area contributed by atoms with Gasteiger partial charge in [0.05, 0.1) is 11.3 Å². The van der Waals surface area contributed by atoms with Gasteiger partial charge in [0, 0.05) is 16.6 Å². The zero-order valence-electron chi connectivity index (χ0n) is 12.9. The highest BCUT2D eigenvalue weighted by atomic mass is 32.1. The molecule has 2 nitrogen and oxygen atoms in total. The number of nitrogens with one attached hydrogen (secondary N) is 1. The Balaban J connectivity index is 1.79. The van der Waals surface area contributed by atoms with Crippen LogP contribution in [0.3, 0.4) is 0 Å². The quantitative estimate of drug-likeness (QED) is 0.613. The van der Waals surface area contributed by atoms with Crippen LogP contribution in [-0.4, -0.2) is 4.98 Å². The number of aryl methyl sites for hydroxylation is 1. The van der Waals surface area contributed by atoms with Crippen molar-refractivity contribution in [2.75, 3.05) is 5.32 Å². The molecule has 6 heteroatoms. The third kappa shape index (κ3) is 3.76. The topological polar surface area (TPSA) is 24.9 Å². The first-order valence-corrected chi connectivity index (χ1v) is 8.33. The first-order chi connectivity index (χ1) is 11.5. The summed E-state index contributed by atoms with van der Waals surface area (Å²) in [5.41, 5.74) is 2.72. The summed E-state index contributed by atoms with van der Waals surface area (Å²) in [6.45, 7) is 2.09. The van der Waals surface area contributed by atoms with Gasteiger partial charge in [-0.3, -0.25) is 0 Å². The first-order valence-electron chi connectivity index (χ1n) is 7.45. The molecule has 0 fully saturated rings. The van der Waals surface area contributed by atoms with Crippen LogP contribution in [0.15, 0.2) is 53.9 Å². The summed E-state index contributed by atoms with van der Waals surface area (Å²) in [6, 6.07) is 13.2. The van der Waals surface area contributed by atoms with E-state index in [0.717, 1.165) is 29.8 Å². The zero-order chi connectivity index (χ0) is 17.2. The summed E-state index contributed by atoms with van der Waals surface area (Å²) < 4.78 is 38.3. The van der Waals surface area contributed by atoms with Gasteiger partial charge in [-0.05, 0) is 30.2 Å². The number of hydrogen-bond donors (Lipinski definition) is 1. The highest BCUT2D eigenvalue weighted by Gasteiger charge is 2.30. The van der Waals surface area contributed by atoms with Gasteiger partial charge >= 0.3 is 6.18 Å². The lowest BCUT2D eigenvalue weighted by Crippen LogP contribution is -2.05. The van der Waals surface area contributed by atoms with E-state index < -0.39 is 11.7 Å². The van der Waals surface area contributed by atoms with Crippen molar-refractivity contribution in [2.24, 2.45) is 0 Å². The van der Waals surface area contributed by atoms with Crippen LogP contribution in [0, 0.1) is 0 Å². The molecule has 124 valence electrons. The Morgan fingerprint density at radius 1 is 1.08 bits per heavy atom. The van der Waals surface area contributed by atoms with Crippen molar-refractivity contribution in [2.45, 2.75) is 19.5 Å². The number of rotatable bonds is 4. The van der Waals surface area contributed by atoms with E-state index in [1.54, 1.807) is 6.07 Å². The predicted molar refractivity (Wildman–Crippen MR) is 91.7 cm³/mol. The lowest BCUT2D eigenvalue weighted by Gasteiger charge is -2.08. The van der Waals surface area contributed by atoms with Crippen LogP contribution in [-0.2, 0) is 12.6 Å². The highest BCUT2D eigenvalue weighted by molar-refractivity contribution is 7.14. The van der Waals surface area contributed by atoms with Gasteiger partial charge in [0.1, 0.15) is 0 Å². The normalized spacial score (nSPS) is 11.5. The van der Waals surface area contributed by atoms with Crippen molar-refractivity contribution in [3.05, 3.63) is 65.0 Å². The smallest absolute Gasteiger partial charge is 0.332 e. The molecule has 1 heterocycles. The van der Waals surface area contributed by atoms with Crippen LogP contribution in [0.1, 0.15) is 18.1 Å². The standard InChI is InChI=1S/C18H15F3N2S/c1-2-12-6-8-13(9-7-12)16-11-24-17(23-16)22-15-5-3-4-14(10-15)18(19,20)21/h3-11H,2H2,1H3,(H,22,23). The molecule has 0 aliphatic heterocycles. The second kappa shape index (κ2) is 6.65. The van der Waals surface area contributed by atoms with Crippen molar-refractivity contribution in [1.29, 1.82) is 0 Å². The van der Waals surface area contributed by atoms with Crippen molar-refractivity contribution < 1.29 is 13.2 Å². The number of thiazole rings is 1. The molecule has 0 saturated carbocycles. The highest BCUT2D eigenvalue weighted by Crippen LogP contribution is 2.32. The Hall–Kier alpha value is -2.34. The maximum Gasteiger partial charge on any atom is 0.416 e. The number of anilines is 2. The molecule has 0 bridgehead atoms. The summed E-state index contributed by atoms with van der Waals surface area (Å²) in [5.74, 6) is 0. The number of nitrogens with zero attached hydrogens (tertiary/aromatic N) is 1. The van der Waals surface area contributed by atoms with Crippen LogP contribution in [0.25, 0.3) is 11.3 Å². The van der Waals surface area contributed by atoms with Crippen LogP contribution >= 0.6 is 11.3 Å². The van der Waals surface area contributed by atoms with Crippen LogP contribution in [0.5, 0.6) is 0 Å². The Morgan fingerprint density at radius 2 is 1.83 bits per heavy atom. The predicted octanol–water partition coefficient (Wildman–Crippen LogP) is 6.13. The second-order valence-electron chi connectivity index (χ2n) is 5.29. The zero-order valence-corrected chi connectivity index (χ0v) is 13.7. The van der Waals surface area contributed by atoms with Crippen molar-refractivity contribution >= 4 is 22.2 Å². The molecule has 0 aliphatic carbocycles. The number of alkyl halides is 3. The Labute approximate surface area is 142 Å². The van der Waals surface area contributed by atoms with Gasteiger partial charge in [-0.1, -0.05) is 37.3 Å². The minimum absolute atomic E-state index is 0.368. The maximum atomic E-state index is 12.8. The van der Waals surface area contributed by atoms with E-state index in [0.29, 0.717) is 10.8 Å². The van der Waals surface area contributed by atoms with E-state index >= 15 is 0 Å². The fourth-order valence-corrected chi connectivity index (χ4v) is 3.01. The molecule has 0 saturated heterocycles. The van der Waals surface area contributed by atoms with E-state index in [9.17, 15) is 13.2 Å². The first kappa shape index (κ1) is 16.5. The van der Waals surface area contributed by atoms with Gasteiger partial charge < -0.3 is 5.32 Å². The fraction of sp³-hybridized carbons (Fsp3) is 0.167. The lowest BCUT2D eigenvalue weighted by molar-refractivity contribution is -0.137. The number of hydrogen-bond acceptors (Lipinski definition) is 3. The lowest BCUT2D eigenvalue weighted by atomic mass is 10.1. The van der Waals surface area contributed by atoms with E-state index in [1.165, 1.54) is 23.0 Å². The molecule has 1 N–H and O–H groups in total. The van der Waals surface area contributed by atoms with E-state index in [2.05, 4.69) is 29.4 Å². The van der Waals surface area contributed by atoms with Gasteiger partial charge in [0.2, 0.25) is 0 Å². The minimum atomic E-state index is -4.35. The molecular weight excluding hydrogens is 333 g/mol. The maximum absolute atomic E-state index is 12.8. The summed E-state index contributed by atoms with van der Waals surface area (Å²) in [7, 11) is 0. The van der Waals surface area contributed by atoms with Gasteiger partial charge in [0.25, 0.3) is 0 Å². The molecule has 0 atom stereocenters. The van der Waals surface area contributed by atoms with Gasteiger partial charge in [0.15, 0.2) is 5.13 Å². The van der Waals surface area contributed by atoms with Crippen molar-refractivity contribution in [3.63, 3.8) is 0 Å². The summed E-state index contributed by atoms with van der Waals surface area (Å²) in [6.07, 6.45) is -3.38. The molecule has 3 aromatic rings. The van der Waals surface area contributed by atoms with Crippen LogP contribution in [0.2, 0.25) is 0 Å². The molecular formula is C18H15F3N2S. The SMILES string of the molecule is CCc1ccc(-c2csc(Nc3cccc(C(F)(F)F)c3)n2)cc1. The number of benzene rings is 2. The second-order valence-corrected chi connectivity index (χ2v) is 6.15. The molecule has 2 aromatic carbocycles. The average Bonchev–Trinajstić information content (AvgIpc) is 3.03. The minimum Gasteiger partial charge on any atom is -0.332 e. The molecule has 24 heavy (non-hydrogen) atoms. The Kier molecular flexibility index (Phi) is 4.57. The summed E-state index contributed by atoms with van der Waals surface area (Å²) in [5, 5.41) is 5.38. The van der Waals surface area contributed by atoms with Crippen molar-refractivity contribution in [3.8, 4) is 11.3 Å². The van der Waals surface area contributed by atoms with Gasteiger partial charge in [-0.2, -0.15) is 13.2 Å². The monoisotopic (exact) mass is 348 g/mol. The molecule has 0 amide bonds. The molecule has 0 radical (unpaired) electrons. The third-order valence-corrected chi connectivity index (χ3v) is 4.36. The largest absolute Gasteiger partial charge is 0.416 e. The van der Waals surface area contributed by atoms with Crippen molar-refractivity contribution in [1.82, 2.24) is 4.98 Å². The van der Waals surface area contributed by atoms with Gasteiger partial charge in [-0.25, -0.2) is 4.98 Å².